The molecule has 2 N–H and O–H groups in total. The van der Waals surface area contributed by atoms with E-state index in [0.29, 0.717) is 12.3 Å². The maximum Gasteiger partial charge on any atom is 0.224 e. The van der Waals surface area contributed by atoms with Gasteiger partial charge in [0.05, 0.1) is 11.0 Å². The highest BCUT2D eigenvalue weighted by atomic mass is 16.1. The first-order chi connectivity index (χ1) is 11.6. The largest absolute Gasteiger partial charge is 0.342 e. The summed E-state index contributed by atoms with van der Waals surface area (Å²) in [5.74, 6) is 1.44. The molecule has 3 aromatic rings. The van der Waals surface area contributed by atoms with Crippen molar-refractivity contribution in [3.8, 4) is 0 Å². The molecular formula is C20H23N3O. The van der Waals surface area contributed by atoms with Crippen molar-refractivity contribution in [3.05, 3.63) is 59.9 Å². The molecule has 0 aliphatic rings. The number of carbonyl (C=O) groups excluding carboxylic acids is 1. The van der Waals surface area contributed by atoms with E-state index in [1.54, 1.807) is 0 Å². The van der Waals surface area contributed by atoms with Crippen LogP contribution in [0.3, 0.4) is 0 Å². The summed E-state index contributed by atoms with van der Waals surface area (Å²) in [6.07, 6.45) is 2.33. The molecule has 0 spiro atoms. The number of imidazole rings is 1. The van der Waals surface area contributed by atoms with E-state index in [4.69, 9.17) is 0 Å². The second-order valence-corrected chi connectivity index (χ2v) is 6.54. The van der Waals surface area contributed by atoms with Crippen LogP contribution in [0.15, 0.2) is 48.5 Å². The molecule has 1 heterocycles. The maximum absolute atomic E-state index is 11.8. The third-order valence-corrected chi connectivity index (χ3v) is 3.92. The predicted molar refractivity (Wildman–Crippen MR) is 98.0 cm³/mol. The van der Waals surface area contributed by atoms with Crippen LogP contribution in [-0.4, -0.2) is 15.9 Å². The highest BCUT2D eigenvalue weighted by molar-refractivity contribution is 5.90. The number of aromatic nitrogens is 2. The summed E-state index contributed by atoms with van der Waals surface area (Å²) in [4.78, 5) is 19.7. The van der Waals surface area contributed by atoms with Crippen molar-refractivity contribution in [1.82, 2.24) is 9.97 Å². The number of hydrogen-bond donors (Lipinski definition) is 2. The molecular weight excluding hydrogens is 298 g/mol. The zero-order chi connectivity index (χ0) is 16.9. The average molecular weight is 321 g/mol. The van der Waals surface area contributed by atoms with E-state index in [-0.39, 0.29) is 5.91 Å². The van der Waals surface area contributed by atoms with E-state index in [1.165, 1.54) is 5.56 Å². The molecule has 24 heavy (non-hydrogen) atoms. The topological polar surface area (TPSA) is 57.8 Å². The molecule has 4 nitrogen and oxygen atoms in total. The molecule has 124 valence electrons. The van der Waals surface area contributed by atoms with Crippen LogP contribution in [0.5, 0.6) is 0 Å². The summed E-state index contributed by atoms with van der Waals surface area (Å²) < 4.78 is 0. The van der Waals surface area contributed by atoms with Crippen LogP contribution in [0.2, 0.25) is 0 Å². The Morgan fingerprint density at radius 3 is 2.54 bits per heavy atom. The SMILES string of the molecule is CC(C)CC(=O)Nc1ccc(CCc2nc3ccccc3[nH]2)cc1. The summed E-state index contributed by atoms with van der Waals surface area (Å²) in [7, 11) is 0. The van der Waals surface area contributed by atoms with Crippen molar-refractivity contribution in [2.75, 3.05) is 5.32 Å². The summed E-state index contributed by atoms with van der Waals surface area (Å²) in [5.41, 5.74) is 4.18. The number of anilines is 1. The Kier molecular flexibility index (Phi) is 4.94. The molecule has 3 rings (SSSR count). The first-order valence-electron chi connectivity index (χ1n) is 8.42. The van der Waals surface area contributed by atoms with Gasteiger partial charge in [0, 0.05) is 18.5 Å². The van der Waals surface area contributed by atoms with Crippen molar-refractivity contribution in [2.45, 2.75) is 33.1 Å². The van der Waals surface area contributed by atoms with Crippen LogP contribution in [0.1, 0.15) is 31.7 Å². The minimum atomic E-state index is 0.0695. The molecule has 0 fully saturated rings. The van der Waals surface area contributed by atoms with Gasteiger partial charge in [-0.3, -0.25) is 4.79 Å². The molecule has 4 heteroatoms. The van der Waals surface area contributed by atoms with Crippen LogP contribution in [0.25, 0.3) is 11.0 Å². The summed E-state index contributed by atoms with van der Waals surface area (Å²) in [6, 6.07) is 16.1. The van der Waals surface area contributed by atoms with Crippen molar-refractivity contribution in [1.29, 1.82) is 0 Å². The molecule has 0 aliphatic carbocycles. The molecule has 1 amide bonds. The third kappa shape index (κ3) is 4.22. The fraction of sp³-hybridized carbons (Fsp3) is 0.300. The predicted octanol–water partition coefficient (Wildman–Crippen LogP) is 4.33. The number of H-pyrrole nitrogens is 1. The third-order valence-electron chi connectivity index (χ3n) is 3.92. The van der Waals surface area contributed by atoms with Crippen LogP contribution < -0.4 is 5.32 Å². The lowest BCUT2D eigenvalue weighted by Crippen LogP contribution is -2.13. The highest BCUT2D eigenvalue weighted by Crippen LogP contribution is 2.15. The van der Waals surface area contributed by atoms with Gasteiger partial charge >= 0.3 is 0 Å². The van der Waals surface area contributed by atoms with Gasteiger partial charge in [0.1, 0.15) is 5.82 Å². The summed E-state index contributed by atoms with van der Waals surface area (Å²) in [6.45, 7) is 4.08. The van der Waals surface area contributed by atoms with E-state index in [2.05, 4.69) is 27.4 Å². The number of nitrogens with zero attached hydrogens (tertiary/aromatic N) is 1. The van der Waals surface area contributed by atoms with Gasteiger partial charge in [-0.15, -0.1) is 0 Å². The molecule has 1 aromatic heterocycles. The second-order valence-electron chi connectivity index (χ2n) is 6.54. The summed E-state index contributed by atoms with van der Waals surface area (Å²) >= 11 is 0. The zero-order valence-electron chi connectivity index (χ0n) is 14.2. The minimum Gasteiger partial charge on any atom is -0.342 e. The Morgan fingerprint density at radius 1 is 1.08 bits per heavy atom. The first kappa shape index (κ1) is 16.2. The molecule has 0 aliphatic heterocycles. The van der Waals surface area contributed by atoms with E-state index >= 15 is 0 Å². The van der Waals surface area contributed by atoms with Crippen LogP contribution in [0.4, 0.5) is 5.69 Å². The maximum atomic E-state index is 11.8. The van der Waals surface area contributed by atoms with E-state index in [1.807, 2.05) is 50.2 Å². The highest BCUT2D eigenvalue weighted by Gasteiger charge is 2.06. The Bertz CT molecular complexity index is 785. The van der Waals surface area contributed by atoms with Gasteiger partial charge in [-0.1, -0.05) is 38.1 Å². The number of hydrogen-bond acceptors (Lipinski definition) is 2. The molecule has 0 bridgehead atoms. The standard InChI is InChI=1S/C20H23N3O/c1-14(2)13-20(24)21-16-10-7-15(8-11-16)9-12-19-22-17-5-3-4-6-18(17)23-19/h3-8,10-11,14H,9,12-13H2,1-2H3,(H,21,24)(H,22,23). The van der Waals surface area contributed by atoms with Crippen molar-refractivity contribution >= 4 is 22.6 Å². The minimum absolute atomic E-state index is 0.0695. The summed E-state index contributed by atoms with van der Waals surface area (Å²) in [5, 5.41) is 2.93. The molecule has 2 aromatic carbocycles. The Labute approximate surface area is 142 Å². The van der Waals surface area contributed by atoms with Crippen LogP contribution in [-0.2, 0) is 17.6 Å². The lowest BCUT2D eigenvalue weighted by molar-refractivity contribution is -0.116. The number of para-hydroxylation sites is 2. The fourth-order valence-electron chi connectivity index (χ4n) is 2.72. The van der Waals surface area contributed by atoms with E-state index in [0.717, 1.165) is 35.4 Å². The van der Waals surface area contributed by atoms with Gasteiger partial charge in [-0.05, 0) is 42.2 Å². The van der Waals surface area contributed by atoms with Gasteiger partial charge in [0.15, 0.2) is 0 Å². The Morgan fingerprint density at radius 2 is 1.83 bits per heavy atom. The van der Waals surface area contributed by atoms with Gasteiger partial charge in [-0.2, -0.15) is 0 Å². The second kappa shape index (κ2) is 7.30. The van der Waals surface area contributed by atoms with Gasteiger partial charge in [0.2, 0.25) is 5.91 Å². The zero-order valence-corrected chi connectivity index (χ0v) is 14.2. The molecule has 0 saturated carbocycles. The Hall–Kier alpha value is -2.62. The number of aryl methyl sites for hydroxylation is 2. The number of rotatable bonds is 6. The van der Waals surface area contributed by atoms with Crippen molar-refractivity contribution in [3.63, 3.8) is 0 Å². The lowest BCUT2D eigenvalue weighted by atomic mass is 10.1. The van der Waals surface area contributed by atoms with Gasteiger partial charge in [-0.25, -0.2) is 4.98 Å². The molecule has 0 saturated heterocycles. The van der Waals surface area contributed by atoms with Crippen LogP contribution in [0, 0.1) is 5.92 Å². The molecule has 0 atom stereocenters. The number of amides is 1. The lowest BCUT2D eigenvalue weighted by Gasteiger charge is -2.08. The quantitative estimate of drug-likeness (QED) is 0.710. The van der Waals surface area contributed by atoms with E-state index < -0.39 is 0 Å². The van der Waals surface area contributed by atoms with Crippen molar-refractivity contribution < 1.29 is 4.79 Å². The average Bonchev–Trinajstić information content (AvgIpc) is 2.96. The number of aromatic amines is 1. The normalized spacial score (nSPS) is 11.1. The van der Waals surface area contributed by atoms with E-state index in [9.17, 15) is 4.79 Å². The fourth-order valence-corrected chi connectivity index (χ4v) is 2.72. The Balaban J connectivity index is 1.57. The number of benzene rings is 2. The number of fused-ring (bicyclic) bond motifs is 1. The first-order valence-corrected chi connectivity index (χ1v) is 8.42. The van der Waals surface area contributed by atoms with Gasteiger partial charge in [0.25, 0.3) is 0 Å². The molecule has 0 unspecified atom stereocenters. The number of nitrogens with one attached hydrogen (secondary N) is 2. The smallest absolute Gasteiger partial charge is 0.224 e. The molecule has 0 radical (unpaired) electrons. The monoisotopic (exact) mass is 321 g/mol. The van der Waals surface area contributed by atoms with Gasteiger partial charge < -0.3 is 10.3 Å². The van der Waals surface area contributed by atoms with Crippen LogP contribution >= 0.6 is 0 Å². The van der Waals surface area contributed by atoms with Crippen molar-refractivity contribution in [2.24, 2.45) is 5.92 Å². The number of carbonyl (C=O) groups is 1.